The number of esters is 1. The van der Waals surface area contributed by atoms with E-state index in [9.17, 15) is 10.1 Å². The fourth-order valence-corrected chi connectivity index (χ4v) is 2.79. The number of carbonyl (C=O) groups excluding carboxylic acids is 1. The number of nitriles is 1. The summed E-state index contributed by atoms with van der Waals surface area (Å²) >= 11 is 0. The topological polar surface area (TPSA) is 104 Å². The minimum atomic E-state index is -0.751. The van der Waals surface area contributed by atoms with Crippen molar-refractivity contribution in [2.75, 3.05) is 20.3 Å². The van der Waals surface area contributed by atoms with Gasteiger partial charge in [0.05, 0.1) is 25.2 Å². The van der Waals surface area contributed by atoms with Gasteiger partial charge in [-0.2, -0.15) is 5.26 Å². The van der Waals surface area contributed by atoms with Crippen LogP contribution in [0.2, 0.25) is 0 Å². The molecular formula is C20H20N2O5. The molecule has 1 aliphatic heterocycles. The van der Waals surface area contributed by atoms with E-state index in [0.29, 0.717) is 17.1 Å². The molecule has 0 saturated carbocycles. The number of allylic oxidation sites excluding steroid dienone is 2. The van der Waals surface area contributed by atoms with Gasteiger partial charge in [0.25, 0.3) is 0 Å². The Morgan fingerprint density at radius 2 is 2.15 bits per heavy atom. The summed E-state index contributed by atoms with van der Waals surface area (Å²) in [5.41, 5.74) is 6.81. The lowest BCUT2D eigenvalue weighted by atomic mass is 9.83. The summed E-state index contributed by atoms with van der Waals surface area (Å²) in [5.74, 6) is 2.13. The Balaban J connectivity index is 2.59. The summed E-state index contributed by atoms with van der Waals surface area (Å²) in [5, 5.41) is 9.59. The van der Waals surface area contributed by atoms with Crippen molar-refractivity contribution in [3.63, 3.8) is 0 Å². The highest BCUT2D eigenvalue weighted by atomic mass is 16.5. The fourth-order valence-electron chi connectivity index (χ4n) is 2.79. The zero-order valence-corrected chi connectivity index (χ0v) is 15.4. The van der Waals surface area contributed by atoms with Crippen LogP contribution in [0.1, 0.15) is 25.3 Å². The van der Waals surface area contributed by atoms with Gasteiger partial charge in [0.15, 0.2) is 11.5 Å². The summed E-state index contributed by atoms with van der Waals surface area (Å²) in [6.45, 7) is 3.56. The average Bonchev–Trinajstić information content (AvgIpc) is 2.65. The van der Waals surface area contributed by atoms with Gasteiger partial charge in [0.1, 0.15) is 24.0 Å². The maximum absolute atomic E-state index is 12.5. The van der Waals surface area contributed by atoms with E-state index in [4.69, 9.17) is 31.1 Å². The molecule has 0 unspecified atom stereocenters. The van der Waals surface area contributed by atoms with Crippen molar-refractivity contribution in [2.45, 2.75) is 19.8 Å². The van der Waals surface area contributed by atoms with Crippen molar-refractivity contribution in [3.8, 4) is 29.9 Å². The Hall–Kier alpha value is -3.58. The van der Waals surface area contributed by atoms with Crippen molar-refractivity contribution in [1.29, 1.82) is 5.26 Å². The number of hydrogen-bond donors (Lipinski definition) is 1. The van der Waals surface area contributed by atoms with Crippen LogP contribution in [0, 0.1) is 23.7 Å². The van der Waals surface area contributed by atoms with Gasteiger partial charge >= 0.3 is 5.97 Å². The summed E-state index contributed by atoms with van der Waals surface area (Å²) in [6, 6.07) is 7.06. The maximum atomic E-state index is 12.5. The highest BCUT2D eigenvalue weighted by Gasteiger charge is 2.36. The molecule has 0 aromatic heterocycles. The average molecular weight is 368 g/mol. The van der Waals surface area contributed by atoms with Crippen LogP contribution in [0.3, 0.4) is 0 Å². The van der Waals surface area contributed by atoms with Crippen LogP contribution >= 0.6 is 0 Å². The van der Waals surface area contributed by atoms with E-state index >= 15 is 0 Å². The molecule has 140 valence electrons. The van der Waals surface area contributed by atoms with Crippen LogP contribution < -0.4 is 15.2 Å². The second-order valence-corrected chi connectivity index (χ2v) is 5.52. The molecule has 7 nitrogen and oxygen atoms in total. The zero-order valence-electron chi connectivity index (χ0n) is 15.4. The molecule has 0 saturated heterocycles. The molecule has 27 heavy (non-hydrogen) atoms. The van der Waals surface area contributed by atoms with Gasteiger partial charge in [-0.1, -0.05) is 12.0 Å². The number of ether oxygens (including phenoxy) is 4. The van der Waals surface area contributed by atoms with Gasteiger partial charge in [0.2, 0.25) is 5.88 Å². The predicted molar refractivity (Wildman–Crippen MR) is 97.3 cm³/mol. The second-order valence-electron chi connectivity index (χ2n) is 5.52. The Morgan fingerprint density at radius 1 is 1.41 bits per heavy atom. The number of nitrogens with two attached hydrogens (primary N) is 1. The summed E-state index contributed by atoms with van der Waals surface area (Å²) in [4.78, 5) is 12.5. The number of methoxy groups -OCH3 is 1. The molecule has 0 spiro atoms. The molecule has 1 aromatic carbocycles. The van der Waals surface area contributed by atoms with Gasteiger partial charge in [0, 0.05) is 0 Å². The maximum Gasteiger partial charge on any atom is 0.338 e. The first-order chi connectivity index (χ1) is 13.0. The molecule has 0 aliphatic carbocycles. The number of nitrogens with zero attached hydrogens (tertiary/aromatic N) is 1. The first kappa shape index (κ1) is 19.7. The fraction of sp³-hybridized carbons (Fsp3) is 0.300. The van der Waals surface area contributed by atoms with Gasteiger partial charge in [-0.3, -0.25) is 0 Å². The number of hydrogen-bond acceptors (Lipinski definition) is 7. The molecule has 1 aliphatic rings. The van der Waals surface area contributed by atoms with E-state index < -0.39 is 11.9 Å². The van der Waals surface area contributed by atoms with E-state index in [2.05, 4.69) is 5.92 Å². The first-order valence-electron chi connectivity index (χ1n) is 8.18. The number of carbonyl (C=O) groups is 1. The molecule has 2 N–H and O–H groups in total. The van der Waals surface area contributed by atoms with E-state index in [-0.39, 0.29) is 36.0 Å². The molecule has 0 radical (unpaired) electrons. The third-order valence-corrected chi connectivity index (χ3v) is 3.93. The van der Waals surface area contributed by atoms with Gasteiger partial charge in [-0.05, 0) is 31.5 Å². The van der Waals surface area contributed by atoms with E-state index in [1.807, 2.05) is 6.07 Å². The molecule has 7 heteroatoms. The molecule has 0 amide bonds. The molecule has 1 atom stereocenters. The van der Waals surface area contributed by atoms with Crippen LogP contribution in [0.15, 0.2) is 41.0 Å². The summed E-state index contributed by atoms with van der Waals surface area (Å²) < 4.78 is 21.3. The summed E-state index contributed by atoms with van der Waals surface area (Å²) in [6.07, 6.45) is 5.22. The Bertz CT molecular complexity index is 887. The van der Waals surface area contributed by atoms with Crippen LogP contribution in [-0.4, -0.2) is 26.3 Å². The van der Waals surface area contributed by atoms with E-state index in [0.717, 1.165) is 0 Å². The highest BCUT2D eigenvalue weighted by molar-refractivity contribution is 5.92. The van der Waals surface area contributed by atoms with Crippen LogP contribution in [0.25, 0.3) is 0 Å². The normalized spacial score (nSPS) is 16.1. The lowest BCUT2D eigenvalue weighted by Crippen LogP contribution is -2.25. The molecule has 0 bridgehead atoms. The lowest BCUT2D eigenvalue weighted by Gasteiger charge is -2.27. The zero-order chi connectivity index (χ0) is 20.0. The predicted octanol–water partition coefficient (Wildman–Crippen LogP) is 2.35. The number of terminal acetylenes is 1. The summed E-state index contributed by atoms with van der Waals surface area (Å²) in [7, 11) is 1.48. The van der Waals surface area contributed by atoms with Crippen molar-refractivity contribution in [2.24, 2.45) is 5.73 Å². The minimum absolute atomic E-state index is 0.0559. The molecule has 1 aromatic rings. The highest BCUT2D eigenvalue weighted by Crippen LogP contribution is 2.42. The first-order valence-corrected chi connectivity index (χ1v) is 8.18. The van der Waals surface area contributed by atoms with Crippen molar-refractivity contribution in [1.82, 2.24) is 0 Å². The van der Waals surface area contributed by atoms with Crippen molar-refractivity contribution >= 4 is 5.97 Å². The Kier molecular flexibility index (Phi) is 6.35. The number of benzene rings is 1. The standard InChI is InChI=1S/C20H20N2O5/c1-5-9-26-15-8-7-13(10-16(15)24-4)18-14(11-21)19(22)27-12(3)17(18)20(23)25-6-2/h1,7-8,10,18H,6,9,22H2,2-4H3/t18-/m0/s1. The molecule has 2 rings (SSSR count). The monoisotopic (exact) mass is 368 g/mol. The third kappa shape index (κ3) is 3.99. The SMILES string of the molecule is C#CCOc1ccc([C@H]2C(C#N)=C(N)OC(C)=C2C(=O)OCC)cc1OC. The Morgan fingerprint density at radius 3 is 2.74 bits per heavy atom. The van der Waals surface area contributed by atoms with Gasteiger partial charge in [-0.25, -0.2) is 4.79 Å². The Labute approximate surface area is 158 Å². The van der Waals surface area contributed by atoms with Crippen LogP contribution in [-0.2, 0) is 14.3 Å². The quantitative estimate of drug-likeness (QED) is 0.607. The smallest absolute Gasteiger partial charge is 0.338 e. The van der Waals surface area contributed by atoms with Gasteiger partial charge in [-0.15, -0.1) is 6.42 Å². The van der Waals surface area contributed by atoms with E-state index in [1.54, 1.807) is 32.0 Å². The van der Waals surface area contributed by atoms with Gasteiger partial charge < -0.3 is 24.7 Å². The molecule has 0 fully saturated rings. The molecule has 1 heterocycles. The largest absolute Gasteiger partial charge is 0.493 e. The van der Waals surface area contributed by atoms with Crippen LogP contribution in [0.4, 0.5) is 0 Å². The van der Waals surface area contributed by atoms with Crippen molar-refractivity contribution < 1.29 is 23.7 Å². The van der Waals surface area contributed by atoms with Crippen LogP contribution in [0.5, 0.6) is 11.5 Å². The lowest BCUT2D eigenvalue weighted by molar-refractivity contribution is -0.139. The minimum Gasteiger partial charge on any atom is -0.493 e. The number of rotatable bonds is 6. The van der Waals surface area contributed by atoms with E-state index in [1.165, 1.54) is 7.11 Å². The molecular weight excluding hydrogens is 348 g/mol. The second kappa shape index (κ2) is 8.68. The third-order valence-electron chi connectivity index (χ3n) is 3.93. The van der Waals surface area contributed by atoms with Crippen molar-refractivity contribution in [3.05, 3.63) is 46.6 Å².